The molecule has 0 unspecified atom stereocenters. The van der Waals surface area contributed by atoms with E-state index < -0.39 is 17.7 Å². The molecule has 2 N–H and O–H groups in total. The predicted molar refractivity (Wildman–Crippen MR) is 91.3 cm³/mol. The van der Waals surface area contributed by atoms with Crippen molar-refractivity contribution >= 4 is 28.7 Å². The lowest BCUT2D eigenvalue weighted by molar-refractivity contribution is 0.262. The largest absolute Gasteiger partial charge is 0.323 e. The van der Waals surface area contributed by atoms with Crippen molar-refractivity contribution in [3.63, 3.8) is 0 Å². The molecule has 2 amide bonds. The van der Waals surface area contributed by atoms with Crippen LogP contribution in [0.1, 0.15) is 5.01 Å². The van der Waals surface area contributed by atoms with E-state index in [1.54, 1.807) is 23.5 Å². The third kappa shape index (κ3) is 3.75. The van der Waals surface area contributed by atoms with Crippen molar-refractivity contribution < 1.29 is 13.6 Å². The number of hydrogen-bond acceptors (Lipinski definition) is 3. The summed E-state index contributed by atoms with van der Waals surface area (Å²) in [7, 11) is 0. The van der Waals surface area contributed by atoms with Gasteiger partial charge in [0.1, 0.15) is 11.6 Å². The van der Waals surface area contributed by atoms with Crippen molar-refractivity contribution in [3.8, 4) is 11.3 Å². The maximum atomic E-state index is 13.5. The Morgan fingerprint density at radius 2 is 1.83 bits per heavy atom. The van der Waals surface area contributed by atoms with E-state index in [0.29, 0.717) is 5.69 Å². The van der Waals surface area contributed by atoms with Gasteiger partial charge in [-0.15, -0.1) is 11.3 Å². The van der Waals surface area contributed by atoms with E-state index in [0.717, 1.165) is 34.5 Å². The summed E-state index contributed by atoms with van der Waals surface area (Å²) in [6.45, 7) is 1.93. The van der Waals surface area contributed by atoms with Gasteiger partial charge in [0.2, 0.25) is 0 Å². The van der Waals surface area contributed by atoms with Crippen LogP contribution in [0, 0.1) is 18.6 Å². The number of carbonyl (C=O) groups excluding carboxylic acids is 1. The van der Waals surface area contributed by atoms with Gasteiger partial charge in [0.05, 0.1) is 16.4 Å². The Morgan fingerprint density at radius 1 is 1.08 bits per heavy atom. The lowest BCUT2D eigenvalue weighted by atomic mass is 10.1. The van der Waals surface area contributed by atoms with Gasteiger partial charge < -0.3 is 10.6 Å². The molecule has 2 aromatic carbocycles. The summed E-state index contributed by atoms with van der Waals surface area (Å²) in [6, 6.07) is 9.28. The first-order chi connectivity index (χ1) is 11.5. The summed E-state index contributed by atoms with van der Waals surface area (Å²) in [6.07, 6.45) is 0. The Labute approximate surface area is 141 Å². The molecule has 0 aliphatic heterocycles. The van der Waals surface area contributed by atoms with E-state index in [4.69, 9.17) is 0 Å². The summed E-state index contributed by atoms with van der Waals surface area (Å²) in [5, 5.41) is 7.77. The molecule has 4 nitrogen and oxygen atoms in total. The molecule has 3 aromatic rings. The standard InChI is InChI=1S/C17H13F2N3OS/c1-10-20-16(9-24-10)11-2-5-13(6-3-11)21-17(23)22-15-8-12(18)4-7-14(15)19/h2-9H,1H3,(H2,21,22,23). The van der Waals surface area contributed by atoms with E-state index in [9.17, 15) is 13.6 Å². The maximum absolute atomic E-state index is 13.5. The topological polar surface area (TPSA) is 54.0 Å². The Kier molecular flexibility index (Phi) is 4.52. The number of aromatic nitrogens is 1. The summed E-state index contributed by atoms with van der Waals surface area (Å²) in [5.41, 5.74) is 2.11. The quantitative estimate of drug-likeness (QED) is 0.699. The van der Waals surface area contributed by atoms with Crippen LogP contribution in [-0.4, -0.2) is 11.0 Å². The molecular weight excluding hydrogens is 332 g/mol. The van der Waals surface area contributed by atoms with E-state index in [1.807, 2.05) is 24.4 Å². The predicted octanol–water partition coefficient (Wildman–Crippen LogP) is 5.04. The number of carbonyl (C=O) groups is 1. The molecule has 0 atom stereocenters. The first kappa shape index (κ1) is 16.1. The van der Waals surface area contributed by atoms with Crippen LogP contribution in [0.4, 0.5) is 25.0 Å². The molecule has 0 spiro atoms. The second-order valence-electron chi connectivity index (χ2n) is 5.03. The monoisotopic (exact) mass is 345 g/mol. The smallest absolute Gasteiger partial charge is 0.308 e. The fraction of sp³-hybridized carbons (Fsp3) is 0.0588. The highest BCUT2D eigenvalue weighted by molar-refractivity contribution is 7.09. The summed E-state index contributed by atoms with van der Waals surface area (Å²) < 4.78 is 26.6. The molecule has 0 bridgehead atoms. The molecule has 3 rings (SSSR count). The van der Waals surface area contributed by atoms with Crippen LogP contribution in [0.15, 0.2) is 47.8 Å². The van der Waals surface area contributed by atoms with Gasteiger partial charge in [-0.3, -0.25) is 0 Å². The molecule has 7 heteroatoms. The molecule has 0 fully saturated rings. The maximum Gasteiger partial charge on any atom is 0.323 e. The van der Waals surface area contributed by atoms with E-state index in [2.05, 4.69) is 15.6 Å². The molecule has 24 heavy (non-hydrogen) atoms. The first-order valence-electron chi connectivity index (χ1n) is 7.07. The van der Waals surface area contributed by atoms with Gasteiger partial charge in [-0.1, -0.05) is 12.1 Å². The van der Waals surface area contributed by atoms with E-state index in [1.165, 1.54) is 0 Å². The Morgan fingerprint density at radius 3 is 2.50 bits per heavy atom. The Balaban J connectivity index is 1.67. The zero-order chi connectivity index (χ0) is 17.1. The average molecular weight is 345 g/mol. The van der Waals surface area contributed by atoms with Gasteiger partial charge in [-0.2, -0.15) is 0 Å². The molecule has 0 aliphatic rings. The lowest BCUT2D eigenvalue weighted by Gasteiger charge is -2.09. The fourth-order valence-corrected chi connectivity index (χ4v) is 2.72. The number of aryl methyl sites for hydroxylation is 1. The van der Waals surface area contributed by atoms with Crippen LogP contribution in [0.3, 0.4) is 0 Å². The number of amides is 2. The van der Waals surface area contributed by atoms with Gasteiger partial charge in [-0.05, 0) is 31.2 Å². The number of nitrogens with one attached hydrogen (secondary N) is 2. The highest BCUT2D eigenvalue weighted by Gasteiger charge is 2.09. The van der Waals surface area contributed by atoms with E-state index in [-0.39, 0.29) is 5.69 Å². The number of anilines is 2. The van der Waals surface area contributed by atoms with Crippen LogP contribution >= 0.6 is 11.3 Å². The Bertz CT molecular complexity index is 878. The SMILES string of the molecule is Cc1nc(-c2ccc(NC(=O)Nc3cc(F)ccc3F)cc2)cs1. The zero-order valence-electron chi connectivity index (χ0n) is 12.6. The number of urea groups is 1. The van der Waals surface area contributed by atoms with Gasteiger partial charge in [-0.25, -0.2) is 18.6 Å². The lowest BCUT2D eigenvalue weighted by Crippen LogP contribution is -2.20. The third-order valence-electron chi connectivity index (χ3n) is 3.23. The van der Waals surface area contributed by atoms with Crippen molar-refractivity contribution in [3.05, 3.63) is 64.5 Å². The van der Waals surface area contributed by atoms with Crippen molar-refractivity contribution in [1.82, 2.24) is 4.98 Å². The fourth-order valence-electron chi connectivity index (χ4n) is 2.10. The summed E-state index contributed by atoms with van der Waals surface area (Å²) in [5.74, 6) is -1.34. The molecule has 0 saturated heterocycles. The minimum absolute atomic E-state index is 0.220. The normalized spacial score (nSPS) is 10.5. The van der Waals surface area contributed by atoms with Crippen LogP contribution in [0.2, 0.25) is 0 Å². The van der Waals surface area contributed by atoms with Crippen molar-refractivity contribution in [1.29, 1.82) is 0 Å². The van der Waals surface area contributed by atoms with Crippen LogP contribution in [0.25, 0.3) is 11.3 Å². The van der Waals surface area contributed by atoms with Crippen molar-refractivity contribution in [2.24, 2.45) is 0 Å². The molecule has 122 valence electrons. The first-order valence-corrected chi connectivity index (χ1v) is 7.95. The number of rotatable bonds is 3. The van der Waals surface area contributed by atoms with Crippen molar-refractivity contribution in [2.75, 3.05) is 10.6 Å². The zero-order valence-corrected chi connectivity index (χ0v) is 13.5. The second-order valence-corrected chi connectivity index (χ2v) is 6.09. The minimum atomic E-state index is -0.708. The van der Waals surface area contributed by atoms with E-state index >= 15 is 0 Å². The molecule has 1 heterocycles. The van der Waals surface area contributed by atoms with Gasteiger partial charge in [0.25, 0.3) is 0 Å². The average Bonchev–Trinajstić information content (AvgIpc) is 2.98. The summed E-state index contributed by atoms with van der Waals surface area (Å²) >= 11 is 1.56. The van der Waals surface area contributed by atoms with Crippen LogP contribution in [0.5, 0.6) is 0 Å². The van der Waals surface area contributed by atoms with Gasteiger partial charge >= 0.3 is 6.03 Å². The molecule has 0 aliphatic carbocycles. The number of halogens is 2. The third-order valence-corrected chi connectivity index (χ3v) is 4.01. The number of nitrogens with zero attached hydrogens (tertiary/aromatic N) is 1. The number of thiazole rings is 1. The Hall–Kier alpha value is -2.80. The highest BCUT2D eigenvalue weighted by atomic mass is 32.1. The minimum Gasteiger partial charge on any atom is -0.308 e. The summed E-state index contributed by atoms with van der Waals surface area (Å²) in [4.78, 5) is 16.3. The van der Waals surface area contributed by atoms with Gasteiger partial charge in [0.15, 0.2) is 0 Å². The highest BCUT2D eigenvalue weighted by Crippen LogP contribution is 2.23. The number of hydrogen-bond donors (Lipinski definition) is 2. The number of benzene rings is 2. The molecular formula is C17H13F2N3OS. The molecule has 0 radical (unpaired) electrons. The molecule has 0 saturated carbocycles. The van der Waals surface area contributed by atoms with Crippen LogP contribution < -0.4 is 10.6 Å². The molecule has 1 aromatic heterocycles. The second kappa shape index (κ2) is 6.76. The van der Waals surface area contributed by atoms with Crippen molar-refractivity contribution in [2.45, 2.75) is 6.92 Å². The van der Waals surface area contributed by atoms with Gasteiger partial charge in [0, 0.05) is 22.7 Å². The van der Waals surface area contributed by atoms with Crippen LogP contribution in [-0.2, 0) is 0 Å².